The summed E-state index contributed by atoms with van der Waals surface area (Å²) < 4.78 is 6.88. The van der Waals surface area contributed by atoms with Crippen LogP contribution in [0.5, 0.6) is 0 Å². The van der Waals surface area contributed by atoms with Crippen molar-refractivity contribution >= 4 is 11.7 Å². The number of ether oxygens (including phenoxy) is 1. The van der Waals surface area contributed by atoms with E-state index in [-0.39, 0.29) is 11.3 Å². The molecule has 1 aromatic carbocycles. The van der Waals surface area contributed by atoms with Gasteiger partial charge in [0.2, 0.25) is 0 Å². The van der Waals surface area contributed by atoms with E-state index in [0.29, 0.717) is 6.54 Å². The fourth-order valence-corrected chi connectivity index (χ4v) is 1.93. The molecule has 0 amide bonds. The molecule has 0 spiro atoms. The molecule has 7 nitrogen and oxygen atoms in total. The molecule has 0 saturated carbocycles. The van der Waals surface area contributed by atoms with Crippen LogP contribution in [0, 0.1) is 17.0 Å². The van der Waals surface area contributed by atoms with E-state index in [1.807, 2.05) is 0 Å². The number of carbonyl (C=O) groups excluding carboxylic acids is 1. The minimum absolute atomic E-state index is 0.0349. The summed E-state index contributed by atoms with van der Waals surface area (Å²) >= 11 is 0. The van der Waals surface area contributed by atoms with Crippen LogP contribution < -0.4 is 0 Å². The smallest absolute Gasteiger partial charge is 0.345 e. The summed E-state index contributed by atoms with van der Waals surface area (Å²) in [6.07, 6.45) is 2.93. The Morgan fingerprint density at radius 3 is 2.90 bits per heavy atom. The highest BCUT2D eigenvalue weighted by atomic mass is 16.6. The quantitative estimate of drug-likeness (QED) is 0.479. The van der Waals surface area contributed by atoms with E-state index in [4.69, 9.17) is 4.74 Å². The van der Waals surface area contributed by atoms with Crippen molar-refractivity contribution < 1.29 is 14.5 Å². The van der Waals surface area contributed by atoms with Gasteiger partial charge in [0.25, 0.3) is 5.69 Å². The van der Waals surface area contributed by atoms with Gasteiger partial charge in [-0.2, -0.15) is 5.10 Å². The minimum Gasteiger partial charge on any atom is -0.457 e. The van der Waals surface area contributed by atoms with Gasteiger partial charge in [-0.1, -0.05) is 6.07 Å². The first-order chi connectivity index (χ1) is 9.97. The lowest BCUT2D eigenvalue weighted by molar-refractivity contribution is -0.385. The van der Waals surface area contributed by atoms with Crippen molar-refractivity contribution in [3.05, 3.63) is 57.9 Å². The number of benzene rings is 1. The molecule has 7 heteroatoms. The summed E-state index contributed by atoms with van der Waals surface area (Å²) in [6, 6.07) is 6.12. The Morgan fingerprint density at radius 1 is 1.52 bits per heavy atom. The third-order valence-corrected chi connectivity index (χ3v) is 2.88. The predicted molar refractivity (Wildman–Crippen MR) is 74.9 cm³/mol. The van der Waals surface area contributed by atoms with Crippen LogP contribution in [0.2, 0.25) is 0 Å². The zero-order chi connectivity index (χ0) is 15.4. The molecule has 1 aromatic heterocycles. The Hall–Kier alpha value is -2.70. The van der Waals surface area contributed by atoms with Gasteiger partial charge < -0.3 is 4.74 Å². The van der Waals surface area contributed by atoms with E-state index >= 15 is 0 Å². The molecule has 0 aliphatic rings. The van der Waals surface area contributed by atoms with Crippen molar-refractivity contribution in [3.8, 4) is 0 Å². The monoisotopic (exact) mass is 289 g/mol. The first kappa shape index (κ1) is 14.7. The average Bonchev–Trinajstić information content (AvgIpc) is 2.90. The van der Waals surface area contributed by atoms with Gasteiger partial charge in [-0.3, -0.25) is 14.8 Å². The van der Waals surface area contributed by atoms with E-state index < -0.39 is 17.0 Å². The second kappa shape index (κ2) is 6.17. The van der Waals surface area contributed by atoms with Crippen LogP contribution in [-0.2, 0) is 11.3 Å². The number of hydrogen-bond acceptors (Lipinski definition) is 5. The maximum Gasteiger partial charge on any atom is 0.345 e. The topological polar surface area (TPSA) is 87.3 Å². The molecule has 0 radical (unpaired) electrons. The fourth-order valence-electron chi connectivity index (χ4n) is 1.93. The van der Waals surface area contributed by atoms with Crippen LogP contribution in [0.1, 0.15) is 22.8 Å². The van der Waals surface area contributed by atoms with E-state index in [1.54, 1.807) is 43.1 Å². The summed E-state index contributed by atoms with van der Waals surface area (Å²) in [5, 5.41) is 15.0. The maximum atomic E-state index is 12.1. The Balaban J connectivity index is 2.12. The molecule has 1 unspecified atom stereocenters. The molecule has 2 aromatic rings. The van der Waals surface area contributed by atoms with Crippen molar-refractivity contribution in [1.82, 2.24) is 9.78 Å². The Bertz CT molecular complexity index is 652. The van der Waals surface area contributed by atoms with Crippen LogP contribution in [0.4, 0.5) is 5.69 Å². The second-order valence-electron chi connectivity index (χ2n) is 4.72. The number of nitro groups is 1. The zero-order valence-electron chi connectivity index (χ0n) is 11.7. The number of esters is 1. The van der Waals surface area contributed by atoms with Crippen molar-refractivity contribution in [1.29, 1.82) is 0 Å². The van der Waals surface area contributed by atoms with Gasteiger partial charge in [0.15, 0.2) is 0 Å². The van der Waals surface area contributed by atoms with Crippen molar-refractivity contribution in [2.24, 2.45) is 0 Å². The zero-order valence-corrected chi connectivity index (χ0v) is 11.7. The highest BCUT2D eigenvalue weighted by Crippen LogP contribution is 2.21. The molecular weight excluding hydrogens is 274 g/mol. The molecular formula is C14H15N3O4. The summed E-state index contributed by atoms with van der Waals surface area (Å²) in [5.41, 5.74) is 0.469. The van der Waals surface area contributed by atoms with Gasteiger partial charge in [-0.25, -0.2) is 4.79 Å². The molecule has 0 aliphatic carbocycles. The lowest BCUT2D eigenvalue weighted by atomic mass is 10.1. The predicted octanol–water partition coefficient (Wildman–Crippen LogP) is 2.35. The van der Waals surface area contributed by atoms with Crippen molar-refractivity contribution in [2.45, 2.75) is 26.5 Å². The summed E-state index contributed by atoms with van der Waals surface area (Å²) in [5.74, 6) is -0.704. The van der Waals surface area contributed by atoms with Gasteiger partial charge in [-0.15, -0.1) is 0 Å². The molecule has 0 bridgehead atoms. The first-order valence-corrected chi connectivity index (χ1v) is 6.41. The molecule has 1 heterocycles. The number of hydrogen-bond donors (Lipinski definition) is 0. The van der Waals surface area contributed by atoms with E-state index in [1.165, 1.54) is 12.1 Å². The second-order valence-corrected chi connectivity index (χ2v) is 4.72. The van der Waals surface area contributed by atoms with Crippen LogP contribution in [-0.4, -0.2) is 26.8 Å². The Morgan fingerprint density at radius 2 is 2.29 bits per heavy atom. The van der Waals surface area contributed by atoms with Crippen molar-refractivity contribution in [3.63, 3.8) is 0 Å². The van der Waals surface area contributed by atoms with Crippen LogP contribution >= 0.6 is 0 Å². The van der Waals surface area contributed by atoms with Gasteiger partial charge in [0, 0.05) is 18.5 Å². The standard InChI is InChI=1S/C14H15N3O4/c1-10-4-5-13(17(19)20)12(8-10)14(18)21-11(2)9-16-7-3-6-15-16/h3-8,11H,9H2,1-2H3. The largest absolute Gasteiger partial charge is 0.457 e. The van der Waals surface area contributed by atoms with Gasteiger partial charge in [0.1, 0.15) is 11.7 Å². The van der Waals surface area contributed by atoms with Crippen LogP contribution in [0.15, 0.2) is 36.7 Å². The Labute approximate surface area is 121 Å². The molecule has 21 heavy (non-hydrogen) atoms. The normalized spacial score (nSPS) is 11.9. The van der Waals surface area contributed by atoms with Crippen LogP contribution in [0.25, 0.3) is 0 Å². The summed E-state index contributed by atoms with van der Waals surface area (Å²) in [4.78, 5) is 22.5. The maximum absolute atomic E-state index is 12.1. The molecule has 110 valence electrons. The number of nitrogens with zero attached hydrogens (tertiary/aromatic N) is 3. The molecule has 0 saturated heterocycles. The van der Waals surface area contributed by atoms with Gasteiger partial charge in [0.05, 0.1) is 11.5 Å². The van der Waals surface area contributed by atoms with E-state index in [2.05, 4.69) is 5.10 Å². The fraction of sp³-hybridized carbons (Fsp3) is 0.286. The minimum atomic E-state index is -0.704. The number of aromatic nitrogens is 2. The number of rotatable bonds is 5. The molecule has 0 fully saturated rings. The van der Waals surface area contributed by atoms with E-state index in [0.717, 1.165) is 5.56 Å². The number of aryl methyl sites for hydroxylation is 1. The van der Waals surface area contributed by atoms with E-state index in [9.17, 15) is 14.9 Å². The number of nitro benzene ring substituents is 1. The van der Waals surface area contributed by atoms with Gasteiger partial charge in [-0.05, 0) is 31.5 Å². The van der Waals surface area contributed by atoms with Gasteiger partial charge >= 0.3 is 5.97 Å². The van der Waals surface area contributed by atoms with Crippen molar-refractivity contribution in [2.75, 3.05) is 0 Å². The molecule has 1 atom stereocenters. The molecule has 0 aliphatic heterocycles. The highest BCUT2D eigenvalue weighted by Gasteiger charge is 2.23. The highest BCUT2D eigenvalue weighted by molar-refractivity contribution is 5.94. The lowest BCUT2D eigenvalue weighted by Crippen LogP contribution is -2.21. The lowest BCUT2D eigenvalue weighted by Gasteiger charge is -2.13. The third kappa shape index (κ3) is 3.65. The molecule has 2 rings (SSSR count). The third-order valence-electron chi connectivity index (χ3n) is 2.88. The van der Waals surface area contributed by atoms with Crippen LogP contribution in [0.3, 0.4) is 0 Å². The molecule has 0 N–H and O–H groups in total. The number of carbonyl (C=O) groups is 1. The summed E-state index contributed by atoms with van der Waals surface area (Å²) in [7, 11) is 0. The first-order valence-electron chi connectivity index (χ1n) is 6.41. The SMILES string of the molecule is Cc1ccc([N+](=O)[O-])c(C(=O)OC(C)Cn2cccn2)c1. The summed E-state index contributed by atoms with van der Waals surface area (Å²) in [6.45, 7) is 3.85. The average molecular weight is 289 g/mol. The Kier molecular flexibility index (Phi) is 4.32.